The summed E-state index contributed by atoms with van der Waals surface area (Å²) in [7, 11) is 3.08. The van der Waals surface area contributed by atoms with Gasteiger partial charge in [0.2, 0.25) is 5.96 Å². The SMILES string of the molecule is CCOC(=O)CN1C(c2ccccc2)=CN2C1=NC1C2C(=O)N(C)C(=O)N1C. The van der Waals surface area contributed by atoms with Crippen LogP contribution in [-0.2, 0) is 14.3 Å². The molecule has 146 valence electrons. The van der Waals surface area contributed by atoms with Crippen LogP contribution in [0.4, 0.5) is 4.79 Å². The molecule has 3 aliphatic rings. The standard InChI is InChI=1S/C19H21N5O4/c1-4-28-14(25)11-23-13(12-8-6-5-7-9-12)10-24-15-16(20-18(23)24)21(2)19(27)22(3)17(15)26/h5-10,15-16H,4,11H2,1-3H3. The summed E-state index contributed by atoms with van der Waals surface area (Å²) in [4.78, 5) is 47.9. The average Bonchev–Trinajstić information content (AvgIpc) is 3.23. The van der Waals surface area contributed by atoms with Gasteiger partial charge in [-0.25, -0.2) is 9.79 Å². The number of imide groups is 1. The van der Waals surface area contributed by atoms with Crippen LogP contribution in [0.5, 0.6) is 0 Å². The number of hydrogen-bond donors (Lipinski definition) is 0. The van der Waals surface area contributed by atoms with E-state index in [2.05, 4.69) is 4.99 Å². The lowest BCUT2D eigenvalue weighted by Gasteiger charge is -2.38. The molecule has 9 heteroatoms. The molecule has 9 nitrogen and oxygen atoms in total. The molecule has 1 aromatic carbocycles. The summed E-state index contributed by atoms with van der Waals surface area (Å²) in [5.74, 6) is -0.254. The van der Waals surface area contributed by atoms with Crippen molar-refractivity contribution < 1.29 is 19.1 Å². The summed E-state index contributed by atoms with van der Waals surface area (Å²) < 4.78 is 5.11. The second-order valence-electron chi connectivity index (χ2n) is 6.76. The van der Waals surface area contributed by atoms with Crippen molar-refractivity contribution in [3.63, 3.8) is 0 Å². The van der Waals surface area contributed by atoms with Gasteiger partial charge in [-0.05, 0) is 12.5 Å². The summed E-state index contributed by atoms with van der Waals surface area (Å²) in [6, 6.07) is 8.50. The molecule has 0 aromatic heterocycles. The van der Waals surface area contributed by atoms with Crippen LogP contribution in [0.15, 0.2) is 41.5 Å². The van der Waals surface area contributed by atoms with Gasteiger partial charge in [0, 0.05) is 20.3 Å². The highest BCUT2D eigenvalue weighted by Crippen LogP contribution is 2.36. The third-order valence-corrected chi connectivity index (χ3v) is 5.09. The Morgan fingerprint density at radius 3 is 2.57 bits per heavy atom. The molecule has 0 radical (unpaired) electrons. The predicted octanol–water partition coefficient (Wildman–Crippen LogP) is 0.754. The third kappa shape index (κ3) is 2.62. The number of ether oxygens (including phenoxy) is 1. The lowest BCUT2D eigenvalue weighted by molar-refractivity contribution is -0.142. The Bertz CT molecular complexity index is 897. The number of carbonyl (C=O) groups is 3. The van der Waals surface area contributed by atoms with Gasteiger partial charge in [-0.15, -0.1) is 0 Å². The molecule has 1 aromatic rings. The van der Waals surface area contributed by atoms with Gasteiger partial charge >= 0.3 is 12.0 Å². The lowest BCUT2D eigenvalue weighted by atomic mass is 10.1. The zero-order valence-electron chi connectivity index (χ0n) is 15.9. The molecule has 0 N–H and O–H groups in total. The maximum atomic E-state index is 12.8. The monoisotopic (exact) mass is 383 g/mol. The fourth-order valence-electron chi connectivity index (χ4n) is 3.70. The molecule has 0 aliphatic carbocycles. The maximum Gasteiger partial charge on any atom is 0.328 e. The van der Waals surface area contributed by atoms with Crippen LogP contribution in [0, 0.1) is 0 Å². The Hall–Kier alpha value is -3.36. The molecule has 3 aliphatic heterocycles. The predicted molar refractivity (Wildman–Crippen MR) is 101 cm³/mol. The number of urea groups is 1. The van der Waals surface area contributed by atoms with Gasteiger partial charge in [-0.1, -0.05) is 30.3 Å². The van der Waals surface area contributed by atoms with Gasteiger partial charge in [0.1, 0.15) is 6.54 Å². The molecule has 1 fully saturated rings. The molecule has 1 saturated heterocycles. The molecule has 28 heavy (non-hydrogen) atoms. The van der Waals surface area contributed by atoms with E-state index in [1.807, 2.05) is 36.5 Å². The van der Waals surface area contributed by atoms with Crippen LogP contribution >= 0.6 is 0 Å². The van der Waals surface area contributed by atoms with E-state index in [0.29, 0.717) is 5.96 Å². The molecule has 2 unspecified atom stereocenters. The third-order valence-electron chi connectivity index (χ3n) is 5.09. The van der Waals surface area contributed by atoms with Gasteiger partial charge in [-0.2, -0.15) is 0 Å². The number of esters is 1. The molecular formula is C19H21N5O4. The van der Waals surface area contributed by atoms with Gasteiger partial charge in [-0.3, -0.25) is 19.4 Å². The minimum absolute atomic E-state index is 0.0367. The maximum absolute atomic E-state index is 12.8. The van der Waals surface area contributed by atoms with Gasteiger partial charge in [0.25, 0.3) is 5.91 Å². The van der Waals surface area contributed by atoms with E-state index in [1.165, 1.54) is 11.9 Å². The summed E-state index contributed by atoms with van der Waals surface area (Å²) in [5, 5.41) is 0. The Kier molecular flexibility index (Phi) is 4.29. The number of nitrogens with zero attached hydrogens (tertiary/aromatic N) is 5. The zero-order valence-corrected chi connectivity index (χ0v) is 15.9. The van der Waals surface area contributed by atoms with Crippen molar-refractivity contribution in [2.24, 2.45) is 4.99 Å². The van der Waals surface area contributed by atoms with Crippen molar-refractivity contribution in [1.29, 1.82) is 0 Å². The first-order valence-electron chi connectivity index (χ1n) is 9.05. The molecule has 3 amide bonds. The summed E-state index contributed by atoms with van der Waals surface area (Å²) >= 11 is 0. The van der Waals surface area contributed by atoms with Crippen molar-refractivity contribution in [1.82, 2.24) is 19.6 Å². The van der Waals surface area contributed by atoms with Crippen LogP contribution in [0.2, 0.25) is 0 Å². The smallest absolute Gasteiger partial charge is 0.328 e. The van der Waals surface area contributed by atoms with Crippen molar-refractivity contribution in [2.45, 2.75) is 19.1 Å². The fraction of sp³-hybridized carbons (Fsp3) is 0.368. The number of rotatable bonds is 4. The van der Waals surface area contributed by atoms with E-state index >= 15 is 0 Å². The Labute approximate surface area is 162 Å². The first-order valence-corrected chi connectivity index (χ1v) is 9.05. The minimum Gasteiger partial charge on any atom is -0.465 e. The number of amides is 3. The second kappa shape index (κ2) is 6.66. The molecule has 4 rings (SSSR count). The number of aliphatic imine (C=N–C) groups is 1. The first-order chi connectivity index (χ1) is 13.4. The molecular weight excluding hydrogens is 362 g/mol. The number of hydrogen-bond acceptors (Lipinski definition) is 7. The van der Waals surface area contributed by atoms with E-state index in [0.717, 1.165) is 16.2 Å². The van der Waals surface area contributed by atoms with E-state index in [9.17, 15) is 14.4 Å². The Balaban J connectivity index is 1.74. The van der Waals surface area contributed by atoms with Crippen molar-refractivity contribution in [2.75, 3.05) is 27.2 Å². The Morgan fingerprint density at radius 1 is 1.18 bits per heavy atom. The van der Waals surface area contributed by atoms with E-state index < -0.39 is 24.2 Å². The Morgan fingerprint density at radius 2 is 1.89 bits per heavy atom. The van der Waals surface area contributed by atoms with E-state index in [4.69, 9.17) is 4.74 Å². The highest BCUT2D eigenvalue weighted by Gasteiger charge is 2.54. The van der Waals surface area contributed by atoms with Gasteiger partial charge in [0.15, 0.2) is 12.2 Å². The summed E-state index contributed by atoms with van der Waals surface area (Å²) in [5.41, 5.74) is 1.64. The fourth-order valence-corrected chi connectivity index (χ4v) is 3.70. The van der Waals surface area contributed by atoms with E-state index in [1.54, 1.807) is 23.8 Å². The highest BCUT2D eigenvalue weighted by atomic mass is 16.5. The van der Waals surface area contributed by atoms with Gasteiger partial charge < -0.3 is 14.5 Å². The van der Waals surface area contributed by atoms with Crippen LogP contribution in [0.25, 0.3) is 5.70 Å². The molecule has 0 bridgehead atoms. The minimum atomic E-state index is -0.659. The first kappa shape index (κ1) is 18.0. The molecule has 3 heterocycles. The van der Waals surface area contributed by atoms with E-state index in [-0.39, 0.29) is 19.1 Å². The van der Waals surface area contributed by atoms with Gasteiger partial charge in [0.05, 0.1) is 12.3 Å². The van der Waals surface area contributed by atoms with Crippen molar-refractivity contribution in [3.8, 4) is 0 Å². The highest BCUT2D eigenvalue weighted by molar-refractivity contribution is 6.07. The number of likely N-dealkylation sites (N-methyl/N-ethyl adjacent to an activating group) is 2. The number of carbonyl (C=O) groups excluding carboxylic acids is 3. The van der Waals surface area contributed by atoms with Crippen molar-refractivity contribution >= 4 is 29.6 Å². The summed E-state index contributed by atoms with van der Waals surface area (Å²) in [6.45, 7) is 1.99. The normalized spacial score (nSPS) is 23.5. The van der Waals surface area contributed by atoms with Crippen LogP contribution in [0.1, 0.15) is 12.5 Å². The largest absolute Gasteiger partial charge is 0.465 e. The van der Waals surface area contributed by atoms with Crippen LogP contribution < -0.4 is 0 Å². The van der Waals surface area contributed by atoms with Crippen molar-refractivity contribution in [3.05, 3.63) is 42.1 Å². The zero-order chi connectivity index (χ0) is 20.0. The van der Waals surface area contributed by atoms with Crippen LogP contribution in [-0.4, -0.2) is 82.9 Å². The number of guanidine groups is 1. The topological polar surface area (TPSA) is 85.8 Å². The van der Waals surface area contributed by atoms with Crippen LogP contribution in [0.3, 0.4) is 0 Å². The molecule has 0 spiro atoms. The molecule has 2 atom stereocenters. The quantitative estimate of drug-likeness (QED) is 0.714. The number of benzene rings is 1. The summed E-state index contributed by atoms with van der Waals surface area (Å²) in [6.07, 6.45) is 1.18. The molecule has 0 saturated carbocycles. The second-order valence-corrected chi connectivity index (χ2v) is 6.76. The lowest BCUT2D eigenvalue weighted by Crippen LogP contribution is -2.63. The number of fused-ring (bicyclic) bond motifs is 3. The average molecular weight is 383 g/mol.